The van der Waals surface area contributed by atoms with Gasteiger partial charge < -0.3 is 29.2 Å². The van der Waals surface area contributed by atoms with Crippen molar-refractivity contribution in [3.8, 4) is 0 Å². The van der Waals surface area contributed by atoms with Crippen molar-refractivity contribution in [2.45, 2.75) is 0 Å². The number of hydrogen-bond donors (Lipinski definition) is 1. The lowest BCUT2D eigenvalue weighted by molar-refractivity contribution is -0.140. The quantitative estimate of drug-likeness (QED) is 0.735. The van der Waals surface area contributed by atoms with Crippen molar-refractivity contribution >= 4 is 29.2 Å². The summed E-state index contributed by atoms with van der Waals surface area (Å²) in [6, 6.07) is 6.66. The average Bonchev–Trinajstić information content (AvgIpc) is 2.67. The number of amides is 1. The van der Waals surface area contributed by atoms with Crippen LogP contribution in [0.2, 0.25) is 0 Å². The van der Waals surface area contributed by atoms with E-state index >= 15 is 0 Å². The molecule has 1 aromatic carbocycles. The Morgan fingerprint density at radius 3 is 2.31 bits per heavy atom. The molecule has 1 heterocycles. The zero-order chi connectivity index (χ0) is 19.1. The summed E-state index contributed by atoms with van der Waals surface area (Å²) in [6.45, 7) is -0.0570. The highest BCUT2D eigenvalue weighted by atomic mass is 16.5. The van der Waals surface area contributed by atoms with Crippen molar-refractivity contribution in [1.82, 2.24) is 0 Å². The summed E-state index contributed by atoms with van der Waals surface area (Å²) in [6.07, 6.45) is 0. The maximum absolute atomic E-state index is 12.2. The SMILES string of the molecule is COCC(=O)Nc1ccc(N2COCC(C(=O)OC)=C2C(=O)OC)cc1. The molecular weight excluding hydrogens is 344 g/mol. The number of carbonyl (C=O) groups is 3. The number of esters is 2. The molecule has 1 aromatic rings. The lowest BCUT2D eigenvalue weighted by Crippen LogP contribution is -2.38. The highest BCUT2D eigenvalue weighted by Crippen LogP contribution is 2.27. The van der Waals surface area contributed by atoms with Crippen LogP contribution >= 0.6 is 0 Å². The molecule has 9 heteroatoms. The van der Waals surface area contributed by atoms with Crippen LogP contribution in [0.25, 0.3) is 0 Å². The van der Waals surface area contributed by atoms with Gasteiger partial charge in [0, 0.05) is 18.5 Å². The number of hydrogen-bond acceptors (Lipinski definition) is 8. The molecule has 0 fully saturated rings. The van der Waals surface area contributed by atoms with E-state index in [1.165, 1.54) is 26.2 Å². The summed E-state index contributed by atoms with van der Waals surface area (Å²) < 4.78 is 19.7. The minimum absolute atomic E-state index is 0.0559. The van der Waals surface area contributed by atoms with Gasteiger partial charge in [-0.25, -0.2) is 9.59 Å². The lowest BCUT2D eigenvalue weighted by atomic mass is 10.1. The van der Waals surface area contributed by atoms with Crippen LogP contribution in [-0.2, 0) is 33.3 Å². The number of rotatable bonds is 6. The predicted molar refractivity (Wildman–Crippen MR) is 91.3 cm³/mol. The summed E-state index contributed by atoms with van der Waals surface area (Å²) in [7, 11) is 3.88. The van der Waals surface area contributed by atoms with Crippen LogP contribution in [0.15, 0.2) is 35.5 Å². The number of ether oxygens (including phenoxy) is 4. The Morgan fingerprint density at radius 1 is 1.08 bits per heavy atom. The average molecular weight is 364 g/mol. The maximum Gasteiger partial charge on any atom is 0.355 e. The fraction of sp³-hybridized carbons (Fsp3) is 0.353. The molecule has 26 heavy (non-hydrogen) atoms. The Morgan fingerprint density at radius 2 is 1.73 bits per heavy atom. The topological polar surface area (TPSA) is 103 Å². The van der Waals surface area contributed by atoms with Crippen LogP contribution in [0.4, 0.5) is 11.4 Å². The fourth-order valence-corrected chi connectivity index (χ4v) is 2.40. The van der Waals surface area contributed by atoms with Gasteiger partial charge in [0.2, 0.25) is 5.91 Å². The van der Waals surface area contributed by atoms with Crippen LogP contribution in [-0.4, -0.2) is 59.1 Å². The molecule has 1 amide bonds. The summed E-state index contributed by atoms with van der Waals surface area (Å²) in [5, 5.41) is 2.66. The van der Waals surface area contributed by atoms with E-state index in [4.69, 9.17) is 18.9 Å². The second-order valence-electron chi connectivity index (χ2n) is 5.24. The van der Waals surface area contributed by atoms with E-state index in [0.717, 1.165) is 0 Å². The molecule has 0 bridgehead atoms. The first-order valence-electron chi connectivity index (χ1n) is 7.65. The van der Waals surface area contributed by atoms with E-state index in [9.17, 15) is 14.4 Å². The van der Waals surface area contributed by atoms with Crippen molar-refractivity contribution in [1.29, 1.82) is 0 Å². The van der Waals surface area contributed by atoms with Gasteiger partial charge in [0.1, 0.15) is 19.0 Å². The molecule has 0 atom stereocenters. The molecule has 0 spiro atoms. The molecule has 1 aliphatic rings. The third-order valence-corrected chi connectivity index (χ3v) is 3.57. The van der Waals surface area contributed by atoms with Gasteiger partial charge in [-0.3, -0.25) is 4.79 Å². The first-order chi connectivity index (χ1) is 12.5. The lowest BCUT2D eigenvalue weighted by Gasteiger charge is -2.31. The summed E-state index contributed by atoms with van der Waals surface area (Å²) in [5.41, 5.74) is 1.27. The minimum Gasteiger partial charge on any atom is -0.466 e. The number of methoxy groups -OCH3 is 3. The van der Waals surface area contributed by atoms with Gasteiger partial charge in [0.25, 0.3) is 0 Å². The van der Waals surface area contributed by atoms with Crippen molar-refractivity contribution in [2.75, 3.05) is 51.5 Å². The predicted octanol–water partition coefficient (Wildman–Crippen LogP) is 0.666. The zero-order valence-corrected chi connectivity index (χ0v) is 14.7. The van der Waals surface area contributed by atoms with Crippen molar-refractivity contribution in [2.24, 2.45) is 0 Å². The smallest absolute Gasteiger partial charge is 0.355 e. The fourth-order valence-electron chi connectivity index (χ4n) is 2.40. The second kappa shape index (κ2) is 8.97. The first-order valence-corrected chi connectivity index (χ1v) is 7.65. The van der Waals surface area contributed by atoms with Crippen molar-refractivity contribution in [3.63, 3.8) is 0 Å². The highest BCUT2D eigenvalue weighted by Gasteiger charge is 2.32. The van der Waals surface area contributed by atoms with Crippen LogP contribution < -0.4 is 10.2 Å². The summed E-state index contributed by atoms with van der Waals surface area (Å²) in [5.74, 6) is -1.63. The molecule has 0 saturated heterocycles. The summed E-state index contributed by atoms with van der Waals surface area (Å²) in [4.78, 5) is 37.2. The van der Waals surface area contributed by atoms with Gasteiger partial charge in [0.05, 0.1) is 26.4 Å². The van der Waals surface area contributed by atoms with E-state index in [1.54, 1.807) is 24.3 Å². The second-order valence-corrected chi connectivity index (χ2v) is 5.24. The third kappa shape index (κ3) is 4.38. The van der Waals surface area contributed by atoms with E-state index in [2.05, 4.69) is 5.32 Å². The largest absolute Gasteiger partial charge is 0.466 e. The first kappa shape index (κ1) is 19.4. The van der Waals surface area contributed by atoms with Crippen LogP contribution in [0.3, 0.4) is 0 Å². The van der Waals surface area contributed by atoms with E-state index in [0.29, 0.717) is 11.4 Å². The molecule has 0 aliphatic carbocycles. The normalized spacial score (nSPS) is 14.0. The van der Waals surface area contributed by atoms with Gasteiger partial charge in [-0.05, 0) is 24.3 Å². The number of nitrogens with zero attached hydrogens (tertiary/aromatic N) is 1. The Balaban J connectivity index is 2.31. The maximum atomic E-state index is 12.2. The van der Waals surface area contributed by atoms with Gasteiger partial charge in [0.15, 0.2) is 0 Å². The number of carbonyl (C=O) groups excluding carboxylic acids is 3. The van der Waals surface area contributed by atoms with E-state index in [1.807, 2.05) is 0 Å². The Hall–Kier alpha value is -2.91. The molecule has 2 rings (SSSR count). The van der Waals surface area contributed by atoms with Crippen molar-refractivity contribution in [3.05, 3.63) is 35.5 Å². The van der Waals surface area contributed by atoms with Crippen molar-refractivity contribution < 1.29 is 33.3 Å². The van der Waals surface area contributed by atoms with Gasteiger partial charge in [-0.15, -0.1) is 0 Å². The zero-order valence-electron chi connectivity index (χ0n) is 14.7. The Labute approximate surface area is 150 Å². The van der Waals surface area contributed by atoms with Crippen LogP contribution in [0.1, 0.15) is 0 Å². The molecule has 0 aromatic heterocycles. The molecule has 9 nitrogen and oxygen atoms in total. The number of benzene rings is 1. The minimum atomic E-state index is -0.675. The highest BCUT2D eigenvalue weighted by molar-refractivity contribution is 6.03. The Bertz CT molecular complexity index is 712. The summed E-state index contributed by atoms with van der Waals surface area (Å²) >= 11 is 0. The number of nitrogens with one attached hydrogen (secondary N) is 1. The molecule has 1 N–H and O–H groups in total. The molecule has 0 radical (unpaired) electrons. The van der Waals surface area contributed by atoms with Crippen LogP contribution in [0.5, 0.6) is 0 Å². The monoisotopic (exact) mass is 364 g/mol. The molecule has 140 valence electrons. The van der Waals surface area contributed by atoms with Gasteiger partial charge >= 0.3 is 11.9 Å². The molecule has 1 aliphatic heterocycles. The Kier molecular flexibility index (Phi) is 6.70. The van der Waals surface area contributed by atoms with Gasteiger partial charge in [-0.1, -0.05) is 0 Å². The van der Waals surface area contributed by atoms with Gasteiger partial charge in [-0.2, -0.15) is 0 Å². The third-order valence-electron chi connectivity index (χ3n) is 3.57. The van der Waals surface area contributed by atoms with E-state index in [-0.39, 0.29) is 37.1 Å². The molecule has 0 saturated carbocycles. The molecule has 0 unspecified atom stereocenters. The number of anilines is 2. The van der Waals surface area contributed by atoms with Crippen LogP contribution in [0, 0.1) is 0 Å². The molecular formula is C17H20N2O7. The van der Waals surface area contributed by atoms with E-state index < -0.39 is 11.9 Å². The standard InChI is InChI=1S/C17H20N2O7/c1-23-9-14(20)18-11-4-6-12(7-5-11)19-10-26-8-13(16(21)24-2)15(19)17(22)25-3/h4-7H,8-10H2,1-3H3,(H,18,20).